The standard InChI is InChI=1S/C20H15F3N2O4S/c1-2-28-17(26)8-14-20(27)25(19-11(22)4-3-5-13(19)29-14)9-16-24-18-12(23)6-10(21)7-15(18)30-16/h3-7,14H,2,8-9H2,1H3. The number of carbonyl (C=O) groups excluding carboxylic acids is 2. The van der Waals surface area contributed by atoms with Crippen molar-refractivity contribution in [3.8, 4) is 5.75 Å². The zero-order chi connectivity index (χ0) is 21.4. The molecular formula is C20H15F3N2O4S. The summed E-state index contributed by atoms with van der Waals surface area (Å²) >= 11 is 0.985. The Hall–Kier alpha value is -3.14. The zero-order valence-corrected chi connectivity index (χ0v) is 16.5. The normalized spacial score (nSPS) is 15.8. The molecule has 1 amide bonds. The Balaban J connectivity index is 1.71. The van der Waals surface area contributed by atoms with Crippen LogP contribution >= 0.6 is 11.3 Å². The molecule has 1 atom stereocenters. The Labute approximate surface area is 172 Å². The van der Waals surface area contributed by atoms with Gasteiger partial charge in [0.25, 0.3) is 5.91 Å². The maximum atomic E-state index is 14.5. The number of hydrogen-bond donors (Lipinski definition) is 0. The Kier molecular flexibility index (Phi) is 5.33. The number of amides is 1. The minimum absolute atomic E-state index is 0.0334. The minimum atomic E-state index is -1.21. The largest absolute Gasteiger partial charge is 0.478 e. The second kappa shape index (κ2) is 7.94. The number of esters is 1. The number of nitrogens with zero attached hydrogens (tertiary/aromatic N) is 2. The number of hydrogen-bond acceptors (Lipinski definition) is 6. The first kappa shape index (κ1) is 20.1. The van der Waals surface area contributed by atoms with Gasteiger partial charge in [-0.25, -0.2) is 18.2 Å². The van der Waals surface area contributed by atoms with E-state index in [1.165, 1.54) is 18.2 Å². The Morgan fingerprint density at radius 3 is 2.83 bits per heavy atom. The van der Waals surface area contributed by atoms with Gasteiger partial charge < -0.3 is 9.47 Å². The third-order valence-electron chi connectivity index (χ3n) is 4.44. The summed E-state index contributed by atoms with van der Waals surface area (Å²) in [6.45, 7) is 1.58. The van der Waals surface area contributed by atoms with Crippen LogP contribution < -0.4 is 9.64 Å². The summed E-state index contributed by atoms with van der Waals surface area (Å²) in [6.07, 6.45) is -1.55. The van der Waals surface area contributed by atoms with Crippen LogP contribution in [0.1, 0.15) is 18.4 Å². The molecule has 1 aliphatic heterocycles. The summed E-state index contributed by atoms with van der Waals surface area (Å²) in [7, 11) is 0. The van der Waals surface area contributed by atoms with Gasteiger partial charge in [-0.05, 0) is 25.1 Å². The second-order valence-corrected chi connectivity index (χ2v) is 7.58. The molecule has 156 valence electrons. The van der Waals surface area contributed by atoms with Crippen molar-refractivity contribution in [2.45, 2.75) is 26.0 Å². The van der Waals surface area contributed by atoms with Gasteiger partial charge in [0, 0.05) is 6.07 Å². The molecule has 1 aliphatic rings. The van der Waals surface area contributed by atoms with Gasteiger partial charge in [-0.2, -0.15) is 0 Å². The van der Waals surface area contributed by atoms with Crippen molar-refractivity contribution >= 4 is 39.1 Å². The lowest BCUT2D eigenvalue weighted by molar-refractivity contribution is -0.147. The van der Waals surface area contributed by atoms with E-state index >= 15 is 0 Å². The van der Waals surface area contributed by atoms with Crippen LogP contribution in [0.25, 0.3) is 10.2 Å². The predicted molar refractivity (Wildman–Crippen MR) is 103 cm³/mol. The molecule has 6 nitrogen and oxygen atoms in total. The Morgan fingerprint density at radius 1 is 1.27 bits per heavy atom. The minimum Gasteiger partial charge on any atom is -0.478 e. The summed E-state index contributed by atoms with van der Waals surface area (Å²) in [5.41, 5.74) is -0.137. The number of rotatable bonds is 5. The first-order valence-electron chi connectivity index (χ1n) is 9.04. The molecule has 0 radical (unpaired) electrons. The molecule has 30 heavy (non-hydrogen) atoms. The van der Waals surface area contributed by atoms with E-state index in [1.54, 1.807) is 6.92 Å². The summed E-state index contributed by atoms with van der Waals surface area (Å²) in [6, 6.07) is 5.92. The Morgan fingerprint density at radius 2 is 2.07 bits per heavy atom. The molecule has 2 aromatic carbocycles. The van der Waals surface area contributed by atoms with Crippen molar-refractivity contribution in [1.29, 1.82) is 0 Å². The SMILES string of the molecule is CCOC(=O)CC1Oc2cccc(F)c2N(Cc2nc3c(F)cc(F)cc3s2)C1=O. The lowest BCUT2D eigenvalue weighted by Gasteiger charge is -2.33. The molecule has 0 bridgehead atoms. The quantitative estimate of drug-likeness (QED) is 0.567. The van der Waals surface area contributed by atoms with Gasteiger partial charge in [-0.3, -0.25) is 14.5 Å². The van der Waals surface area contributed by atoms with Gasteiger partial charge in [0.15, 0.2) is 17.7 Å². The number of carbonyl (C=O) groups is 2. The van der Waals surface area contributed by atoms with Crippen LogP contribution in [0, 0.1) is 17.5 Å². The van der Waals surface area contributed by atoms with E-state index in [0.717, 1.165) is 28.4 Å². The van der Waals surface area contributed by atoms with Crippen LogP contribution in [0.15, 0.2) is 30.3 Å². The third-order valence-corrected chi connectivity index (χ3v) is 5.43. The topological polar surface area (TPSA) is 68.7 Å². The van der Waals surface area contributed by atoms with Gasteiger partial charge in [0.05, 0.1) is 24.3 Å². The molecule has 0 fully saturated rings. The number of anilines is 1. The second-order valence-electron chi connectivity index (χ2n) is 6.47. The molecule has 0 N–H and O–H groups in total. The van der Waals surface area contributed by atoms with E-state index < -0.39 is 35.4 Å². The number of para-hydroxylation sites is 1. The number of aromatic nitrogens is 1. The Bertz CT molecular complexity index is 1150. The number of benzene rings is 2. The first-order chi connectivity index (χ1) is 14.4. The van der Waals surface area contributed by atoms with Crippen LogP contribution in [-0.2, 0) is 20.9 Å². The molecule has 1 aromatic heterocycles. The molecule has 0 saturated heterocycles. The van der Waals surface area contributed by atoms with Crippen molar-refractivity contribution in [3.05, 3.63) is 52.8 Å². The third kappa shape index (κ3) is 3.70. The molecule has 2 heterocycles. The summed E-state index contributed by atoms with van der Waals surface area (Å²) in [5, 5.41) is 0.272. The summed E-state index contributed by atoms with van der Waals surface area (Å²) in [5.74, 6) is -3.48. The molecule has 3 aromatic rings. The summed E-state index contributed by atoms with van der Waals surface area (Å²) in [4.78, 5) is 30.1. The summed E-state index contributed by atoms with van der Waals surface area (Å²) < 4.78 is 52.7. The smallest absolute Gasteiger partial charge is 0.310 e. The fourth-order valence-electron chi connectivity index (χ4n) is 3.20. The average Bonchev–Trinajstić information content (AvgIpc) is 3.08. The highest BCUT2D eigenvalue weighted by Crippen LogP contribution is 2.38. The van der Waals surface area contributed by atoms with Crippen molar-refractivity contribution in [3.63, 3.8) is 0 Å². The lowest BCUT2D eigenvalue weighted by Crippen LogP contribution is -2.47. The lowest BCUT2D eigenvalue weighted by atomic mass is 10.1. The predicted octanol–water partition coefficient (Wildman–Crippen LogP) is 3.96. The van der Waals surface area contributed by atoms with E-state index in [1.807, 2.05) is 0 Å². The fourth-order valence-corrected chi connectivity index (χ4v) is 4.20. The number of thiazole rings is 1. The van der Waals surface area contributed by atoms with Gasteiger partial charge in [-0.15, -0.1) is 11.3 Å². The highest BCUT2D eigenvalue weighted by molar-refractivity contribution is 7.18. The van der Waals surface area contributed by atoms with Gasteiger partial charge >= 0.3 is 5.97 Å². The van der Waals surface area contributed by atoms with E-state index in [4.69, 9.17) is 9.47 Å². The molecule has 0 aliphatic carbocycles. The van der Waals surface area contributed by atoms with E-state index in [9.17, 15) is 22.8 Å². The van der Waals surface area contributed by atoms with Gasteiger partial charge in [0.1, 0.15) is 27.8 Å². The van der Waals surface area contributed by atoms with E-state index in [0.29, 0.717) is 0 Å². The van der Waals surface area contributed by atoms with Crippen molar-refractivity contribution in [2.24, 2.45) is 0 Å². The van der Waals surface area contributed by atoms with Gasteiger partial charge in [-0.1, -0.05) is 6.07 Å². The van der Waals surface area contributed by atoms with Crippen LogP contribution in [-0.4, -0.2) is 29.6 Å². The average molecular weight is 436 g/mol. The molecule has 0 spiro atoms. The maximum Gasteiger partial charge on any atom is 0.310 e. The molecule has 4 rings (SSSR count). The highest BCUT2D eigenvalue weighted by Gasteiger charge is 2.38. The van der Waals surface area contributed by atoms with E-state index in [-0.39, 0.29) is 46.2 Å². The van der Waals surface area contributed by atoms with Crippen molar-refractivity contribution in [1.82, 2.24) is 4.98 Å². The highest BCUT2D eigenvalue weighted by atomic mass is 32.1. The fraction of sp³-hybridized carbons (Fsp3) is 0.250. The molecule has 0 saturated carbocycles. The monoisotopic (exact) mass is 436 g/mol. The zero-order valence-electron chi connectivity index (χ0n) is 15.7. The van der Waals surface area contributed by atoms with Crippen LogP contribution in [0.2, 0.25) is 0 Å². The van der Waals surface area contributed by atoms with Gasteiger partial charge in [0.2, 0.25) is 0 Å². The van der Waals surface area contributed by atoms with Crippen molar-refractivity contribution < 1.29 is 32.2 Å². The van der Waals surface area contributed by atoms with Crippen LogP contribution in [0.3, 0.4) is 0 Å². The number of halogens is 3. The molecule has 1 unspecified atom stereocenters. The molecule has 10 heteroatoms. The van der Waals surface area contributed by atoms with Crippen molar-refractivity contribution in [2.75, 3.05) is 11.5 Å². The van der Waals surface area contributed by atoms with Crippen LogP contribution in [0.4, 0.5) is 18.9 Å². The van der Waals surface area contributed by atoms with Crippen LogP contribution in [0.5, 0.6) is 5.75 Å². The first-order valence-corrected chi connectivity index (χ1v) is 9.85. The molecular weight excluding hydrogens is 421 g/mol. The maximum absolute atomic E-state index is 14.5. The number of fused-ring (bicyclic) bond motifs is 2. The van der Waals surface area contributed by atoms with E-state index in [2.05, 4.69) is 4.98 Å². The number of ether oxygens (including phenoxy) is 2.